The topological polar surface area (TPSA) is 24.9 Å². The van der Waals surface area contributed by atoms with Gasteiger partial charge in [-0.15, -0.1) is 0 Å². The largest absolute Gasteiger partial charge is 0.310 e. The minimum atomic E-state index is 0.336. The van der Waals surface area contributed by atoms with E-state index in [1.54, 1.807) is 11.3 Å². The molecule has 1 N–H and O–H groups in total. The smallest absolute Gasteiger partial charge is 0.0705 e. The van der Waals surface area contributed by atoms with E-state index in [0.717, 1.165) is 18.5 Å². The molecule has 2 nitrogen and oxygen atoms in total. The number of nitrogens with one attached hydrogen (secondary N) is 1. The van der Waals surface area contributed by atoms with Gasteiger partial charge in [-0.25, -0.2) is 0 Å². The molecular formula is C17H18N2S. The first kappa shape index (κ1) is 13.3. The van der Waals surface area contributed by atoms with Gasteiger partial charge in [0.15, 0.2) is 0 Å². The molecule has 1 unspecified atom stereocenters. The Bertz CT molecular complexity index is 671. The zero-order valence-electron chi connectivity index (χ0n) is 11.5. The molecule has 0 amide bonds. The summed E-state index contributed by atoms with van der Waals surface area (Å²) >= 11 is 1.76. The Kier molecular flexibility index (Phi) is 4.09. The maximum atomic E-state index is 4.46. The molecule has 1 aromatic carbocycles. The van der Waals surface area contributed by atoms with Crippen LogP contribution in [-0.4, -0.2) is 11.5 Å². The van der Waals surface area contributed by atoms with Crippen LogP contribution in [-0.2, 0) is 6.42 Å². The molecule has 0 aliphatic rings. The van der Waals surface area contributed by atoms with Crippen molar-refractivity contribution in [2.24, 2.45) is 0 Å². The van der Waals surface area contributed by atoms with Gasteiger partial charge in [-0.2, -0.15) is 11.3 Å². The van der Waals surface area contributed by atoms with Crippen LogP contribution < -0.4 is 5.32 Å². The average Bonchev–Trinajstić information content (AvgIpc) is 2.99. The second kappa shape index (κ2) is 6.16. The Hall–Kier alpha value is -1.71. The minimum absolute atomic E-state index is 0.336. The monoisotopic (exact) mass is 282 g/mol. The number of aromatic nitrogens is 1. The van der Waals surface area contributed by atoms with Crippen LogP contribution in [0.3, 0.4) is 0 Å². The second-order valence-electron chi connectivity index (χ2n) is 4.86. The second-order valence-corrected chi connectivity index (χ2v) is 5.64. The quantitative estimate of drug-likeness (QED) is 0.759. The molecule has 2 heterocycles. The zero-order valence-corrected chi connectivity index (χ0v) is 12.4. The van der Waals surface area contributed by atoms with Crippen molar-refractivity contribution in [2.75, 3.05) is 6.54 Å². The number of hydrogen-bond acceptors (Lipinski definition) is 3. The van der Waals surface area contributed by atoms with Crippen molar-refractivity contribution in [1.29, 1.82) is 0 Å². The van der Waals surface area contributed by atoms with Crippen LogP contribution in [0.2, 0.25) is 0 Å². The summed E-state index contributed by atoms with van der Waals surface area (Å²) < 4.78 is 0. The van der Waals surface area contributed by atoms with E-state index in [0.29, 0.717) is 6.04 Å². The number of nitrogens with zero attached hydrogens (tertiary/aromatic N) is 1. The highest BCUT2D eigenvalue weighted by atomic mass is 32.1. The van der Waals surface area contributed by atoms with E-state index in [4.69, 9.17) is 0 Å². The molecule has 0 saturated heterocycles. The summed E-state index contributed by atoms with van der Waals surface area (Å²) in [6.07, 6.45) is 2.87. The molecule has 0 spiro atoms. The number of benzene rings is 1. The summed E-state index contributed by atoms with van der Waals surface area (Å²) in [5.41, 5.74) is 3.80. The van der Waals surface area contributed by atoms with E-state index in [1.807, 2.05) is 12.3 Å². The molecule has 3 aromatic rings. The summed E-state index contributed by atoms with van der Waals surface area (Å²) in [5, 5.41) is 9.22. The van der Waals surface area contributed by atoms with Crippen LogP contribution in [0.4, 0.5) is 0 Å². The molecule has 0 aliphatic heterocycles. The Balaban J connectivity index is 2.00. The molecule has 0 saturated carbocycles. The van der Waals surface area contributed by atoms with E-state index >= 15 is 0 Å². The predicted octanol–water partition coefficient (Wildman–Crippen LogP) is 4.19. The third-order valence-corrected chi connectivity index (χ3v) is 4.26. The van der Waals surface area contributed by atoms with Gasteiger partial charge in [-0.05, 0) is 53.1 Å². The zero-order chi connectivity index (χ0) is 13.8. The fourth-order valence-corrected chi connectivity index (χ4v) is 3.30. The minimum Gasteiger partial charge on any atom is -0.310 e. The highest BCUT2D eigenvalue weighted by molar-refractivity contribution is 7.07. The molecule has 0 radical (unpaired) electrons. The summed E-state index contributed by atoms with van der Waals surface area (Å²) in [6.45, 7) is 3.12. The van der Waals surface area contributed by atoms with Crippen LogP contribution in [0.15, 0.2) is 53.4 Å². The molecule has 3 heteroatoms. The van der Waals surface area contributed by atoms with Gasteiger partial charge in [0.2, 0.25) is 0 Å². The summed E-state index contributed by atoms with van der Waals surface area (Å²) in [4.78, 5) is 4.46. The molecule has 20 heavy (non-hydrogen) atoms. The normalized spacial score (nSPS) is 12.7. The maximum Gasteiger partial charge on any atom is 0.0705 e. The van der Waals surface area contributed by atoms with Crippen LogP contribution in [0.25, 0.3) is 10.9 Å². The number of thiophene rings is 1. The number of fused-ring (bicyclic) bond motifs is 1. The lowest BCUT2D eigenvalue weighted by molar-refractivity contribution is 0.554. The van der Waals surface area contributed by atoms with Crippen molar-refractivity contribution in [3.8, 4) is 0 Å². The van der Waals surface area contributed by atoms with Crippen molar-refractivity contribution in [3.63, 3.8) is 0 Å². The molecular weight excluding hydrogens is 264 g/mol. The van der Waals surface area contributed by atoms with Crippen LogP contribution in [0.5, 0.6) is 0 Å². The van der Waals surface area contributed by atoms with Crippen molar-refractivity contribution < 1.29 is 0 Å². The van der Waals surface area contributed by atoms with Gasteiger partial charge in [0, 0.05) is 17.6 Å². The lowest BCUT2D eigenvalue weighted by atomic mass is 9.96. The van der Waals surface area contributed by atoms with Crippen molar-refractivity contribution in [1.82, 2.24) is 10.3 Å². The Morgan fingerprint density at radius 3 is 2.95 bits per heavy atom. The predicted molar refractivity (Wildman–Crippen MR) is 86.2 cm³/mol. The number of hydrogen-bond donors (Lipinski definition) is 1. The Morgan fingerprint density at radius 2 is 2.15 bits per heavy atom. The first-order valence-corrected chi connectivity index (χ1v) is 7.91. The van der Waals surface area contributed by atoms with Gasteiger partial charge in [0.1, 0.15) is 0 Å². The van der Waals surface area contributed by atoms with Gasteiger partial charge >= 0.3 is 0 Å². The summed E-state index contributed by atoms with van der Waals surface area (Å²) in [5.74, 6) is 0. The van der Waals surface area contributed by atoms with Crippen LogP contribution >= 0.6 is 11.3 Å². The fourth-order valence-electron chi connectivity index (χ4n) is 2.61. The van der Waals surface area contributed by atoms with E-state index in [9.17, 15) is 0 Å². The third-order valence-electron chi connectivity index (χ3n) is 3.53. The molecule has 0 aliphatic carbocycles. The maximum absolute atomic E-state index is 4.46. The van der Waals surface area contributed by atoms with E-state index in [2.05, 4.69) is 58.3 Å². The van der Waals surface area contributed by atoms with Crippen LogP contribution in [0, 0.1) is 0 Å². The number of rotatable bonds is 5. The SMILES string of the molecule is CCNC(Cc1ccsc1)c1cccc2ncccc12. The summed E-state index contributed by atoms with van der Waals surface area (Å²) in [6, 6.07) is 13.1. The lowest BCUT2D eigenvalue weighted by Crippen LogP contribution is -2.23. The summed E-state index contributed by atoms with van der Waals surface area (Å²) in [7, 11) is 0. The average molecular weight is 282 g/mol. The fraction of sp³-hybridized carbons (Fsp3) is 0.235. The van der Waals surface area contributed by atoms with Gasteiger partial charge < -0.3 is 5.32 Å². The lowest BCUT2D eigenvalue weighted by Gasteiger charge is -2.19. The highest BCUT2D eigenvalue weighted by Gasteiger charge is 2.14. The van der Waals surface area contributed by atoms with Gasteiger partial charge in [-0.1, -0.05) is 25.1 Å². The third kappa shape index (κ3) is 2.74. The molecule has 102 valence electrons. The number of pyridine rings is 1. The molecule has 0 bridgehead atoms. The highest BCUT2D eigenvalue weighted by Crippen LogP contribution is 2.26. The first-order chi connectivity index (χ1) is 9.88. The van der Waals surface area contributed by atoms with Crippen molar-refractivity contribution in [2.45, 2.75) is 19.4 Å². The first-order valence-electron chi connectivity index (χ1n) is 6.96. The number of likely N-dealkylation sites (N-methyl/N-ethyl adjacent to an activating group) is 1. The van der Waals surface area contributed by atoms with E-state index in [-0.39, 0.29) is 0 Å². The Labute approximate surface area is 123 Å². The van der Waals surface area contributed by atoms with Gasteiger partial charge in [-0.3, -0.25) is 4.98 Å². The molecule has 2 aromatic heterocycles. The van der Waals surface area contributed by atoms with Gasteiger partial charge in [0.05, 0.1) is 5.52 Å². The molecule has 3 rings (SSSR count). The Morgan fingerprint density at radius 1 is 1.20 bits per heavy atom. The van der Waals surface area contributed by atoms with Crippen LogP contribution in [0.1, 0.15) is 24.1 Å². The molecule has 1 atom stereocenters. The van der Waals surface area contributed by atoms with Crippen molar-refractivity contribution in [3.05, 3.63) is 64.5 Å². The van der Waals surface area contributed by atoms with Crippen molar-refractivity contribution >= 4 is 22.2 Å². The molecule has 0 fully saturated rings. The standard InChI is InChI=1S/C17H18N2S/c1-2-18-17(11-13-8-10-20-12-13)15-5-3-7-16-14(15)6-4-9-19-16/h3-10,12,17-18H,2,11H2,1H3. The van der Waals surface area contributed by atoms with E-state index < -0.39 is 0 Å². The van der Waals surface area contributed by atoms with Gasteiger partial charge in [0.25, 0.3) is 0 Å². The van der Waals surface area contributed by atoms with E-state index in [1.165, 1.54) is 16.5 Å².